The largest absolute Gasteiger partial charge is 0.430 e. The SMILES string of the molecule is CN1OC(=O)N(C)C1c1ccccc1. The molecule has 0 N–H and O–H groups in total. The van der Waals surface area contributed by atoms with E-state index in [0.717, 1.165) is 5.56 Å². The lowest BCUT2D eigenvalue weighted by atomic mass is 10.1. The number of rotatable bonds is 1. The van der Waals surface area contributed by atoms with Crippen molar-refractivity contribution < 1.29 is 9.63 Å². The van der Waals surface area contributed by atoms with Crippen molar-refractivity contribution in [1.82, 2.24) is 9.96 Å². The molecule has 4 nitrogen and oxygen atoms in total. The van der Waals surface area contributed by atoms with E-state index >= 15 is 0 Å². The molecule has 1 saturated heterocycles. The molecule has 1 unspecified atom stereocenters. The minimum Gasteiger partial charge on any atom is -0.349 e. The molecule has 0 radical (unpaired) electrons. The number of hydroxylamine groups is 2. The Balaban J connectivity index is 2.31. The Morgan fingerprint density at radius 2 is 1.86 bits per heavy atom. The van der Waals surface area contributed by atoms with Gasteiger partial charge in [0.1, 0.15) is 6.17 Å². The van der Waals surface area contributed by atoms with Crippen molar-refractivity contribution in [1.29, 1.82) is 0 Å². The molecule has 1 aromatic carbocycles. The molecule has 0 bridgehead atoms. The Bertz CT molecular complexity index is 339. The quantitative estimate of drug-likeness (QED) is 0.677. The third-order valence-corrected chi connectivity index (χ3v) is 2.32. The maximum Gasteiger partial charge on any atom is 0.430 e. The molecule has 14 heavy (non-hydrogen) atoms. The normalized spacial score (nSPS) is 22.6. The molecule has 1 atom stereocenters. The maximum absolute atomic E-state index is 11.2. The van der Waals surface area contributed by atoms with Gasteiger partial charge in [-0.1, -0.05) is 30.3 Å². The van der Waals surface area contributed by atoms with Crippen LogP contribution in [0.4, 0.5) is 4.79 Å². The van der Waals surface area contributed by atoms with Gasteiger partial charge in [-0.25, -0.2) is 4.79 Å². The van der Waals surface area contributed by atoms with Gasteiger partial charge in [-0.05, 0) is 5.56 Å². The van der Waals surface area contributed by atoms with Gasteiger partial charge in [0.25, 0.3) is 0 Å². The summed E-state index contributed by atoms with van der Waals surface area (Å²) in [5.74, 6) is 0. The molecule has 74 valence electrons. The van der Waals surface area contributed by atoms with E-state index in [1.54, 1.807) is 24.1 Å². The van der Waals surface area contributed by atoms with Crippen molar-refractivity contribution in [2.45, 2.75) is 6.17 Å². The van der Waals surface area contributed by atoms with E-state index in [1.165, 1.54) is 0 Å². The van der Waals surface area contributed by atoms with Crippen molar-refractivity contribution >= 4 is 6.09 Å². The summed E-state index contributed by atoms with van der Waals surface area (Å²) in [5, 5.41) is 1.55. The van der Waals surface area contributed by atoms with E-state index in [2.05, 4.69) is 0 Å². The Labute approximate surface area is 82.6 Å². The second-order valence-electron chi connectivity index (χ2n) is 3.30. The Morgan fingerprint density at radius 1 is 1.21 bits per heavy atom. The van der Waals surface area contributed by atoms with Gasteiger partial charge in [0.15, 0.2) is 0 Å². The van der Waals surface area contributed by atoms with E-state index in [4.69, 9.17) is 4.84 Å². The topological polar surface area (TPSA) is 32.8 Å². The van der Waals surface area contributed by atoms with Crippen molar-refractivity contribution in [3.05, 3.63) is 35.9 Å². The molecule has 0 aromatic heterocycles. The van der Waals surface area contributed by atoms with Gasteiger partial charge in [0.2, 0.25) is 0 Å². The zero-order valence-corrected chi connectivity index (χ0v) is 8.18. The van der Waals surface area contributed by atoms with Crippen LogP contribution in [0.3, 0.4) is 0 Å². The van der Waals surface area contributed by atoms with E-state index in [0.29, 0.717) is 0 Å². The van der Waals surface area contributed by atoms with Crippen molar-refractivity contribution in [3.8, 4) is 0 Å². The number of nitrogens with zero attached hydrogens (tertiary/aromatic N) is 2. The van der Waals surface area contributed by atoms with Crippen LogP contribution < -0.4 is 0 Å². The molecule has 1 fully saturated rings. The summed E-state index contributed by atoms with van der Waals surface area (Å²) >= 11 is 0. The fraction of sp³-hybridized carbons (Fsp3) is 0.300. The van der Waals surface area contributed by atoms with Crippen LogP contribution in [0.25, 0.3) is 0 Å². The minimum atomic E-state index is -0.318. The van der Waals surface area contributed by atoms with Crippen molar-refractivity contribution in [2.24, 2.45) is 0 Å². The number of amides is 1. The summed E-state index contributed by atoms with van der Waals surface area (Å²) in [7, 11) is 3.47. The van der Waals surface area contributed by atoms with Crippen LogP contribution in [0.2, 0.25) is 0 Å². The molecular formula is C10H12N2O2. The Morgan fingerprint density at radius 3 is 2.36 bits per heavy atom. The van der Waals surface area contributed by atoms with E-state index in [-0.39, 0.29) is 12.3 Å². The van der Waals surface area contributed by atoms with Gasteiger partial charge in [-0.3, -0.25) is 4.90 Å². The minimum absolute atomic E-state index is 0.122. The molecule has 0 aliphatic carbocycles. The number of benzene rings is 1. The third-order valence-electron chi connectivity index (χ3n) is 2.32. The fourth-order valence-electron chi connectivity index (χ4n) is 1.64. The monoisotopic (exact) mass is 192 g/mol. The zero-order chi connectivity index (χ0) is 10.1. The average molecular weight is 192 g/mol. The second kappa shape index (κ2) is 3.31. The summed E-state index contributed by atoms with van der Waals surface area (Å²) in [6, 6.07) is 9.78. The van der Waals surface area contributed by atoms with Gasteiger partial charge in [0, 0.05) is 14.1 Å². The highest BCUT2D eigenvalue weighted by atomic mass is 16.7. The molecule has 1 amide bonds. The smallest absolute Gasteiger partial charge is 0.349 e. The van der Waals surface area contributed by atoms with Gasteiger partial charge in [0.05, 0.1) is 0 Å². The molecule has 1 aliphatic heterocycles. The van der Waals surface area contributed by atoms with Crippen LogP contribution in [-0.2, 0) is 4.84 Å². The first-order chi connectivity index (χ1) is 6.70. The predicted molar refractivity (Wildman–Crippen MR) is 51.2 cm³/mol. The summed E-state index contributed by atoms with van der Waals surface area (Å²) in [4.78, 5) is 17.8. The molecule has 2 rings (SSSR count). The highest BCUT2D eigenvalue weighted by molar-refractivity contribution is 5.69. The molecule has 1 heterocycles. The van der Waals surface area contributed by atoms with Crippen molar-refractivity contribution in [3.63, 3.8) is 0 Å². The lowest BCUT2D eigenvalue weighted by molar-refractivity contribution is -0.0718. The fourth-order valence-corrected chi connectivity index (χ4v) is 1.64. The molecule has 0 saturated carbocycles. The number of carbonyl (C=O) groups is 1. The standard InChI is InChI=1S/C10H12N2O2/c1-11-9(12(2)14-10(11)13)8-6-4-3-5-7-8/h3-7,9H,1-2H3. The highest BCUT2D eigenvalue weighted by Crippen LogP contribution is 2.28. The zero-order valence-electron chi connectivity index (χ0n) is 8.18. The van der Waals surface area contributed by atoms with Crippen LogP contribution in [0.15, 0.2) is 30.3 Å². The lowest BCUT2D eigenvalue weighted by Gasteiger charge is -2.20. The summed E-state index contributed by atoms with van der Waals surface area (Å²) < 4.78 is 0. The maximum atomic E-state index is 11.2. The second-order valence-corrected chi connectivity index (χ2v) is 3.30. The van der Waals surface area contributed by atoms with Gasteiger partial charge < -0.3 is 4.84 Å². The van der Waals surface area contributed by atoms with E-state index in [1.807, 2.05) is 30.3 Å². The third kappa shape index (κ3) is 1.33. The summed E-state index contributed by atoms with van der Waals surface area (Å²) in [6.45, 7) is 0. The average Bonchev–Trinajstić information content (AvgIpc) is 2.43. The molecule has 0 spiro atoms. The van der Waals surface area contributed by atoms with Crippen LogP contribution in [-0.4, -0.2) is 30.2 Å². The predicted octanol–water partition coefficient (Wildman–Crippen LogP) is 1.61. The van der Waals surface area contributed by atoms with Gasteiger partial charge in [-0.2, -0.15) is 0 Å². The Kier molecular flexibility index (Phi) is 2.13. The summed E-state index contributed by atoms with van der Waals surface area (Å²) in [5.41, 5.74) is 1.04. The first-order valence-electron chi connectivity index (χ1n) is 4.42. The lowest BCUT2D eigenvalue weighted by Crippen LogP contribution is -2.26. The van der Waals surface area contributed by atoms with Crippen LogP contribution in [0.1, 0.15) is 11.7 Å². The van der Waals surface area contributed by atoms with Gasteiger partial charge >= 0.3 is 6.09 Å². The molecule has 1 aliphatic rings. The number of carbonyl (C=O) groups excluding carboxylic acids is 1. The summed E-state index contributed by atoms with van der Waals surface area (Å²) in [6.07, 6.45) is -0.440. The van der Waals surface area contributed by atoms with Gasteiger partial charge in [-0.15, -0.1) is 5.06 Å². The van der Waals surface area contributed by atoms with Crippen LogP contribution >= 0.6 is 0 Å². The Hall–Kier alpha value is -1.55. The van der Waals surface area contributed by atoms with Crippen molar-refractivity contribution in [2.75, 3.05) is 14.1 Å². The molecule has 1 aromatic rings. The number of hydrogen-bond acceptors (Lipinski definition) is 3. The first kappa shape index (κ1) is 9.02. The van der Waals surface area contributed by atoms with E-state index < -0.39 is 0 Å². The molecule has 4 heteroatoms. The van der Waals surface area contributed by atoms with Crippen LogP contribution in [0, 0.1) is 0 Å². The first-order valence-corrected chi connectivity index (χ1v) is 4.42. The number of hydrogen-bond donors (Lipinski definition) is 0. The highest BCUT2D eigenvalue weighted by Gasteiger charge is 2.35. The van der Waals surface area contributed by atoms with E-state index in [9.17, 15) is 4.79 Å². The van der Waals surface area contributed by atoms with Crippen LogP contribution in [0.5, 0.6) is 0 Å². The molecular weight excluding hydrogens is 180 g/mol.